The van der Waals surface area contributed by atoms with Crippen LogP contribution in [0, 0.1) is 0 Å². The Hall–Kier alpha value is -2.10. The zero-order valence-electron chi connectivity index (χ0n) is 7.40. The standard InChI is InChI=1S/C10H9N3O/c11-10-9(14)6-8(12-13-10)7-4-2-1-3-5-7/h1-6H,(H2,11,13)(H,12,14). The minimum absolute atomic E-state index is 0.00955. The van der Waals surface area contributed by atoms with E-state index in [1.807, 2.05) is 30.3 Å². The number of nitrogens with two attached hydrogens (primary N) is 1. The molecule has 70 valence electrons. The average molecular weight is 187 g/mol. The van der Waals surface area contributed by atoms with Crippen molar-refractivity contribution in [2.45, 2.75) is 0 Å². The van der Waals surface area contributed by atoms with Gasteiger partial charge in [0.1, 0.15) is 0 Å². The molecule has 0 aliphatic heterocycles. The molecule has 14 heavy (non-hydrogen) atoms. The lowest BCUT2D eigenvalue weighted by Crippen LogP contribution is -2.11. The molecule has 0 aliphatic rings. The molecule has 0 aliphatic carbocycles. The van der Waals surface area contributed by atoms with E-state index in [0.29, 0.717) is 5.69 Å². The number of aromatic nitrogens is 2. The minimum Gasteiger partial charge on any atom is -0.379 e. The van der Waals surface area contributed by atoms with Gasteiger partial charge < -0.3 is 5.73 Å². The van der Waals surface area contributed by atoms with Gasteiger partial charge in [0.2, 0.25) is 5.43 Å². The van der Waals surface area contributed by atoms with Crippen molar-refractivity contribution in [3.8, 4) is 11.3 Å². The largest absolute Gasteiger partial charge is 0.379 e. The zero-order valence-corrected chi connectivity index (χ0v) is 7.40. The Bertz CT molecular complexity index is 490. The van der Waals surface area contributed by atoms with Crippen LogP contribution in [-0.4, -0.2) is 10.2 Å². The summed E-state index contributed by atoms with van der Waals surface area (Å²) in [6, 6.07) is 10.9. The molecule has 1 aromatic carbocycles. The summed E-state index contributed by atoms with van der Waals surface area (Å²) in [4.78, 5) is 11.2. The fourth-order valence-electron chi connectivity index (χ4n) is 1.18. The van der Waals surface area contributed by atoms with Crippen LogP contribution in [0.3, 0.4) is 0 Å². The number of H-pyrrole nitrogens is 1. The summed E-state index contributed by atoms with van der Waals surface area (Å²) in [5.74, 6) is -0.00955. The Morgan fingerprint density at radius 3 is 2.57 bits per heavy atom. The first kappa shape index (κ1) is 8.50. The topological polar surface area (TPSA) is 71.8 Å². The molecule has 0 bridgehead atoms. The molecule has 4 nitrogen and oxygen atoms in total. The maximum absolute atomic E-state index is 11.2. The van der Waals surface area contributed by atoms with E-state index in [1.165, 1.54) is 6.07 Å². The first-order valence-corrected chi connectivity index (χ1v) is 4.18. The van der Waals surface area contributed by atoms with Gasteiger partial charge >= 0.3 is 0 Å². The second-order valence-corrected chi connectivity index (χ2v) is 2.90. The van der Waals surface area contributed by atoms with Gasteiger partial charge in [0.15, 0.2) is 5.82 Å². The highest BCUT2D eigenvalue weighted by atomic mass is 16.1. The number of nitrogens with zero attached hydrogens (tertiary/aromatic N) is 1. The van der Waals surface area contributed by atoms with Crippen LogP contribution in [0.2, 0.25) is 0 Å². The van der Waals surface area contributed by atoms with Crippen molar-refractivity contribution in [1.29, 1.82) is 0 Å². The number of benzene rings is 1. The van der Waals surface area contributed by atoms with Crippen molar-refractivity contribution in [1.82, 2.24) is 10.2 Å². The molecule has 4 heteroatoms. The van der Waals surface area contributed by atoms with Crippen molar-refractivity contribution in [2.24, 2.45) is 0 Å². The molecule has 0 unspecified atom stereocenters. The summed E-state index contributed by atoms with van der Waals surface area (Å²) < 4.78 is 0. The Balaban J connectivity index is 2.54. The molecule has 2 aromatic rings. The molecule has 0 amide bonds. The predicted molar refractivity (Wildman–Crippen MR) is 54.7 cm³/mol. The lowest BCUT2D eigenvalue weighted by atomic mass is 10.1. The van der Waals surface area contributed by atoms with E-state index in [-0.39, 0.29) is 11.2 Å². The van der Waals surface area contributed by atoms with Gasteiger partial charge in [0.05, 0.1) is 5.69 Å². The Morgan fingerprint density at radius 1 is 1.21 bits per heavy atom. The molecule has 0 saturated carbocycles. The van der Waals surface area contributed by atoms with Crippen LogP contribution in [0.25, 0.3) is 11.3 Å². The van der Waals surface area contributed by atoms with Gasteiger partial charge in [0, 0.05) is 6.07 Å². The zero-order chi connectivity index (χ0) is 9.97. The SMILES string of the molecule is Nc1n[nH]c(-c2ccccc2)cc1=O. The van der Waals surface area contributed by atoms with Crippen LogP contribution in [0.5, 0.6) is 0 Å². The fraction of sp³-hybridized carbons (Fsp3) is 0. The minimum atomic E-state index is -0.261. The van der Waals surface area contributed by atoms with Crippen molar-refractivity contribution in [2.75, 3.05) is 5.73 Å². The van der Waals surface area contributed by atoms with E-state index in [9.17, 15) is 4.79 Å². The van der Waals surface area contributed by atoms with Gasteiger partial charge in [-0.1, -0.05) is 30.3 Å². The van der Waals surface area contributed by atoms with Gasteiger partial charge in [-0.3, -0.25) is 9.89 Å². The number of rotatable bonds is 1. The maximum atomic E-state index is 11.2. The molecule has 0 atom stereocenters. The molecule has 2 rings (SSSR count). The summed E-state index contributed by atoms with van der Waals surface area (Å²) in [7, 11) is 0. The van der Waals surface area contributed by atoms with E-state index in [4.69, 9.17) is 5.73 Å². The number of hydrogen-bond donors (Lipinski definition) is 2. The fourth-order valence-corrected chi connectivity index (χ4v) is 1.18. The van der Waals surface area contributed by atoms with E-state index in [1.54, 1.807) is 0 Å². The van der Waals surface area contributed by atoms with Crippen LogP contribution in [-0.2, 0) is 0 Å². The van der Waals surface area contributed by atoms with Gasteiger partial charge in [0.25, 0.3) is 0 Å². The molecule has 0 radical (unpaired) electrons. The quantitative estimate of drug-likeness (QED) is 0.700. The second kappa shape index (κ2) is 3.33. The third-order valence-electron chi connectivity index (χ3n) is 1.91. The summed E-state index contributed by atoms with van der Waals surface area (Å²) >= 11 is 0. The highest BCUT2D eigenvalue weighted by molar-refractivity contribution is 5.58. The molecular weight excluding hydrogens is 178 g/mol. The number of aromatic amines is 1. The van der Waals surface area contributed by atoms with Crippen molar-refractivity contribution < 1.29 is 0 Å². The summed E-state index contributed by atoms with van der Waals surface area (Å²) in [5, 5.41) is 6.41. The van der Waals surface area contributed by atoms with E-state index in [0.717, 1.165) is 5.56 Å². The van der Waals surface area contributed by atoms with Gasteiger partial charge in [-0.2, -0.15) is 5.10 Å². The lowest BCUT2D eigenvalue weighted by molar-refractivity contribution is 1.04. The predicted octanol–water partition coefficient (Wildman–Crippen LogP) is 1.02. The van der Waals surface area contributed by atoms with E-state index >= 15 is 0 Å². The monoisotopic (exact) mass is 187 g/mol. The third kappa shape index (κ3) is 1.50. The highest BCUT2D eigenvalue weighted by Gasteiger charge is 2.00. The summed E-state index contributed by atoms with van der Waals surface area (Å²) in [6.45, 7) is 0. The summed E-state index contributed by atoms with van der Waals surface area (Å²) in [6.07, 6.45) is 0. The third-order valence-corrected chi connectivity index (χ3v) is 1.91. The molecule has 0 fully saturated rings. The van der Waals surface area contributed by atoms with Gasteiger partial charge in [-0.25, -0.2) is 0 Å². The molecule has 3 N–H and O–H groups in total. The summed E-state index contributed by atoms with van der Waals surface area (Å²) in [5.41, 5.74) is 6.64. The van der Waals surface area contributed by atoms with Gasteiger partial charge in [-0.05, 0) is 5.56 Å². The first-order valence-electron chi connectivity index (χ1n) is 4.18. The highest BCUT2D eigenvalue weighted by Crippen LogP contribution is 2.13. The van der Waals surface area contributed by atoms with Crippen LogP contribution >= 0.6 is 0 Å². The normalized spacial score (nSPS) is 10.0. The van der Waals surface area contributed by atoms with Crippen LogP contribution in [0.4, 0.5) is 5.82 Å². The number of hydrogen-bond acceptors (Lipinski definition) is 3. The number of anilines is 1. The van der Waals surface area contributed by atoms with E-state index < -0.39 is 0 Å². The van der Waals surface area contributed by atoms with Crippen LogP contribution in [0.15, 0.2) is 41.2 Å². The number of nitrogens with one attached hydrogen (secondary N) is 1. The smallest absolute Gasteiger partial charge is 0.224 e. The van der Waals surface area contributed by atoms with Crippen LogP contribution < -0.4 is 11.2 Å². The number of nitrogen functional groups attached to an aromatic ring is 1. The van der Waals surface area contributed by atoms with Crippen molar-refractivity contribution >= 4 is 5.82 Å². The van der Waals surface area contributed by atoms with Crippen molar-refractivity contribution in [3.63, 3.8) is 0 Å². The van der Waals surface area contributed by atoms with E-state index in [2.05, 4.69) is 10.2 Å². The average Bonchev–Trinajstić information content (AvgIpc) is 2.23. The lowest BCUT2D eigenvalue weighted by Gasteiger charge is -1.99. The van der Waals surface area contributed by atoms with Crippen molar-refractivity contribution in [3.05, 3.63) is 46.6 Å². The Labute approximate surface area is 80.4 Å². The maximum Gasteiger partial charge on any atom is 0.224 e. The molecule has 1 heterocycles. The molecule has 0 saturated heterocycles. The molecule has 1 aromatic heterocycles. The molecular formula is C10H9N3O. The Kier molecular flexibility index (Phi) is 2.02. The van der Waals surface area contributed by atoms with Gasteiger partial charge in [-0.15, -0.1) is 0 Å². The van der Waals surface area contributed by atoms with Crippen LogP contribution in [0.1, 0.15) is 0 Å². The Morgan fingerprint density at radius 2 is 1.93 bits per heavy atom. The molecule has 0 spiro atoms. The second-order valence-electron chi connectivity index (χ2n) is 2.90. The first-order chi connectivity index (χ1) is 6.77.